The average molecular weight is 540 g/mol. The minimum absolute atomic E-state index is 0.0587. The van der Waals surface area contributed by atoms with Crippen LogP contribution in [0.1, 0.15) is 33.8 Å². The van der Waals surface area contributed by atoms with Gasteiger partial charge in [-0.05, 0) is 49.4 Å². The number of amides is 2. The summed E-state index contributed by atoms with van der Waals surface area (Å²) in [5.41, 5.74) is 1.20. The van der Waals surface area contributed by atoms with Crippen molar-refractivity contribution in [1.29, 1.82) is 0 Å². The lowest BCUT2D eigenvalue weighted by Crippen LogP contribution is -2.34. The van der Waals surface area contributed by atoms with E-state index in [4.69, 9.17) is 9.47 Å². The summed E-state index contributed by atoms with van der Waals surface area (Å²) >= 11 is 1.24. The summed E-state index contributed by atoms with van der Waals surface area (Å²) in [7, 11) is 1.44. The zero-order valence-electron chi connectivity index (χ0n) is 20.6. The summed E-state index contributed by atoms with van der Waals surface area (Å²) < 4.78 is 24.9. The number of thioether (sulfide) groups is 1. The van der Waals surface area contributed by atoms with E-state index in [9.17, 15) is 24.2 Å². The van der Waals surface area contributed by atoms with Crippen molar-refractivity contribution in [3.05, 3.63) is 89.2 Å². The van der Waals surface area contributed by atoms with Gasteiger partial charge in [0, 0.05) is 17.7 Å². The number of phenols is 1. The number of halogens is 1. The van der Waals surface area contributed by atoms with E-state index in [1.807, 2.05) is 0 Å². The van der Waals surface area contributed by atoms with Gasteiger partial charge in [-0.2, -0.15) is 5.10 Å². The molecule has 0 aliphatic carbocycles. The van der Waals surface area contributed by atoms with E-state index in [-0.39, 0.29) is 30.2 Å². The van der Waals surface area contributed by atoms with Crippen LogP contribution < -0.4 is 14.8 Å². The SMILES string of the molecule is COc1c(OCC(=O)NC[C@@H](C)O)cccc1C1SC(c2ccc(F)cc2)=NN1C(=O)c1ccccc1O. The van der Waals surface area contributed by atoms with Gasteiger partial charge < -0.3 is 25.0 Å². The molecular weight excluding hydrogens is 513 g/mol. The molecule has 0 spiro atoms. The van der Waals surface area contributed by atoms with Crippen molar-refractivity contribution in [1.82, 2.24) is 10.3 Å². The zero-order chi connectivity index (χ0) is 27.2. The number of hydrazone groups is 1. The van der Waals surface area contributed by atoms with Crippen LogP contribution in [0.4, 0.5) is 4.39 Å². The molecule has 4 rings (SSSR count). The fourth-order valence-corrected chi connectivity index (χ4v) is 4.86. The molecule has 3 aromatic rings. The van der Waals surface area contributed by atoms with Crippen LogP contribution in [0.15, 0.2) is 71.8 Å². The fourth-order valence-electron chi connectivity index (χ4n) is 3.69. The number of methoxy groups -OCH3 is 1. The first-order chi connectivity index (χ1) is 18.3. The Morgan fingerprint density at radius 3 is 2.55 bits per heavy atom. The maximum atomic E-state index is 13.5. The number of para-hydroxylation sites is 2. The summed E-state index contributed by atoms with van der Waals surface area (Å²) in [5.74, 6) is -1.02. The third-order valence-corrected chi connectivity index (χ3v) is 6.73. The first kappa shape index (κ1) is 27.0. The lowest BCUT2D eigenvalue weighted by Gasteiger charge is -2.24. The van der Waals surface area contributed by atoms with Crippen LogP contribution in [0, 0.1) is 5.82 Å². The van der Waals surface area contributed by atoms with Gasteiger partial charge >= 0.3 is 0 Å². The summed E-state index contributed by atoms with van der Waals surface area (Å²) in [6.07, 6.45) is -0.695. The molecule has 1 unspecified atom stereocenters. The van der Waals surface area contributed by atoms with Gasteiger partial charge in [-0.1, -0.05) is 36.0 Å². The number of nitrogens with zero attached hydrogens (tertiary/aromatic N) is 2. The molecule has 0 radical (unpaired) electrons. The minimum atomic E-state index is -0.732. The predicted octanol–water partition coefficient (Wildman–Crippen LogP) is 3.67. The molecule has 1 aliphatic rings. The maximum absolute atomic E-state index is 13.5. The quantitative estimate of drug-likeness (QED) is 0.380. The number of aliphatic hydroxyl groups excluding tert-OH is 1. The lowest BCUT2D eigenvalue weighted by molar-refractivity contribution is -0.123. The number of nitrogens with one attached hydrogen (secondary N) is 1. The highest BCUT2D eigenvalue weighted by molar-refractivity contribution is 8.14. The molecule has 38 heavy (non-hydrogen) atoms. The molecule has 0 saturated heterocycles. The number of aromatic hydroxyl groups is 1. The van der Waals surface area contributed by atoms with Gasteiger partial charge in [-0.25, -0.2) is 9.40 Å². The molecule has 1 aliphatic heterocycles. The van der Waals surface area contributed by atoms with Gasteiger partial charge in [0.25, 0.3) is 11.8 Å². The summed E-state index contributed by atoms with van der Waals surface area (Å²) in [4.78, 5) is 25.7. The van der Waals surface area contributed by atoms with Crippen LogP contribution in [0.25, 0.3) is 0 Å². The largest absolute Gasteiger partial charge is 0.507 e. The van der Waals surface area contributed by atoms with Gasteiger partial charge in [0.15, 0.2) is 18.1 Å². The van der Waals surface area contributed by atoms with E-state index in [1.54, 1.807) is 49.4 Å². The molecule has 9 nitrogen and oxygen atoms in total. The minimum Gasteiger partial charge on any atom is -0.507 e. The molecule has 0 saturated carbocycles. The van der Waals surface area contributed by atoms with E-state index in [2.05, 4.69) is 10.4 Å². The van der Waals surface area contributed by atoms with E-state index in [0.29, 0.717) is 21.9 Å². The Labute approximate surface area is 222 Å². The van der Waals surface area contributed by atoms with Crippen LogP contribution in [-0.4, -0.2) is 58.4 Å². The normalized spacial score (nSPS) is 15.5. The molecule has 198 valence electrons. The number of aliphatic hydroxyl groups is 1. The Balaban J connectivity index is 1.68. The molecule has 11 heteroatoms. The molecule has 2 amide bonds. The molecule has 0 fully saturated rings. The van der Waals surface area contributed by atoms with Crippen LogP contribution in [0.3, 0.4) is 0 Å². The third-order valence-electron chi connectivity index (χ3n) is 5.51. The van der Waals surface area contributed by atoms with Gasteiger partial charge in [-0.3, -0.25) is 9.59 Å². The summed E-state index contributed by atoms with van der Waals surface area (Å²) in [6, 6.07) is 16.9. The standard InChI is InChI=1S/C27H26FN3O6S/c1-16(32)14-29-23(34)15-37-22-9-5-7-20(24(22)36-2)27-31(26(35)19-6-3-4-8-21(19)33)30-25(38-27)17-10-12-18(28)13-11-17/h3-13,16,27,32-33H,14-15H2,1-2H3,(H,29,34)/t16-,27?/m1/s1. The Kier molecular flexibility index (Phi) is 8.49. The molecule has 2 atom stereocenters. The predicted molar refractivity (Wildman–Crippen MR) is 141 cm³/mol. The van der Waals surface area contributed by atoms with Crippen molar-refractivity contribution in [3.63, 3.8) is 0 Å². The van der Waals surface area contributed by atoms with Crippen LogP contribution in [0.5, 0.6) is 17.2 Å². The number of carbonyl (C=O) groups excluding carboxylic acids is 2. The molecule has 0 bridgehead atoms. The molecule has 3 aromatic carbocycles. The Morgan fingerprint density at radius 2 is 1.87 bits per heavy atom. The third kappa shape index (κ3) is 6.06. The van der Waals surface area contributed by atoms with E-state index in [1.165, 1.54) is 48.1 Å². The van der Waals surface area contributed by atoms with Crippen molar-refractivity contribution in [2.45, 2.75) is 18.4 Å². The topological polar surface area (TPSA) is 121 Å². The second-order valence-corrected chi connectivity index (χ2v) is 9.44. The Hall–Kier alpha value is -4.09. The Bertz CT molecular complexity index is 1350. The van der Waals surface area contributed by atoms with Gasteiger partial charge in [0.05, 0.1) is 18.8 Å². The van der Waals surface area contributed by atoms with E-state index >= 15 is 0 Å². The smallest absolute Gasteiger partial charge is 0.279 e. The monoisotopic (exact) mass is 539 g/mol. The van der Waals surface area contributed by atoms with Gasteiger partial charge in [0.2, 0.25) is 0 Å². The van der Waals surface area contributed by atoms with Crippen molar-refractivity contribution < 1.29 is 33.7 Å². The molecular formula is C27H26FN3O6S. The second kappa shape index (κ2) is 12.0. The first-order valence-electron chi connectivity index (χ1n) is 11.7. The van der Waals surface area contributed by atoms with Crippen molar-refractivity contribution in [2.75, 3.05) is 20.3 Å². The van der Waals surface area contributed by atoms with Gasteiger partial charge in [-0.15, -0.1) is 0 Å². The maximum Gasteiger partial charge on any atom is 0.279 e. The molecule has 1 heterocycles. The number of benzene rings is 3. The molecule has 3 N–H and O–H groups in total. The second-order valence-electron chi connectivity index (χ2n) is 8.37. The summed E-state index contributed by atoms with van der Waals surface area (Å²) in [5, 5.41) is 27.7. The number of carbonyl (C=O) groups is 2. The highest BCUT2D eigenvalue weighted by Gasteiger charge is 2.37. The van der Waals surface area contributed by atoms with Crippen LogP contribution in [0.2, 0.25) is 0 Å². The van der Waals surface area contributed by atoms with Crippen molar-refractivity contribution >= 4 is 28.6 Å². The van der Waals surface area contributed by atoms with Crippen LogP contribution in [-0.2, 0) is 4.79 Å². The number of hydrogen-bond donors (Lipinski definition) is 3. The van der Waals surface area contributed by atoms with E-state index in [0.717, 1.165) is 0 Å². The van der Waals surface area contributed by atoms with Crippen molar-refractivity contribution in [3.8, 4) is 17.2 Å². The number of rotatable bonds is 9. The first-order valence-corrected chi connectivity index (χ1v) is 12.5. The zero-order valence-corrected chi connectivity index (χ0v) is 21.4. The van der Waals surface area contributed by atoms with Crippen molar-refractivity contribution in [2.24, 2.45) is 5.10 Å². The molecule has 0 aromatic heterocycles. The summed E-state index contributed by atoms with van der Waals surface area (Å²) in [6.45, 7) is 1.32. The van der Waals surface area contributed by atoms with Gasteiger partial charge in [0.1, 0.15) is 22.0 Å². The highest BCUT2D eigenvalue weighted by atomic mass is 32.2. The number of hydrogen-bond acceptors (Lipinski definition) is 8. The van der Waals surface area contributed by atoms with E-state index < -0.39 is 29.1 Å². The Morgan fingerprint density at radius 1 is 1.13 bits per heavy atom. The lowest BCUT2D eigenvalue weighted by atomic mass is 10.1. The fraction of sp³-hybridized carbons (Fsp3) is 0.222. The van der Waals surface area contributed by atoms with Crippen LogP contribution >= 0.6 is 11.8 Å². The highest BCUT2D eigenvalue weighted by Crippen LogP contribution is 2.47. The average Bonchev–Trinajstić information content (AvgIpc) is 3.36. The number of phenolic OH excluding ortho intramolecular Hbond substituents is 1. The number of ether oxygens (including phenoxy) is 2.